The van der Waals surface area contributed by atoms with Gasteiger partial charge in [0.25, 0.3) is 0 Å². The lowest BCUT2D eigenvalue weighted by atomic mass is 10.1. The van der Waals surface area contributed by atoms with E-state index in [4.69, 9.17) is 14.2 Å². The van der Waals surface area contributed by atoms with Crippen molar-refractivity contribution in [3.8, 4) is 11.9 Å². The van der Waals surface area contributed by atoms with Gasteiger partial charge in [-0.15, -0.1) is 11.8 Å². The average molecular weight is 316 g/mol. The molecule has 0 aliphatic heterocycles. The van der Waals surface area contributed by atoms with Gasteiger partial charge in [0, 0.05) is 0 Å². The van der Waals surface area contributed by atoms with Crippen LogP contribution in [0.25, 0.3) is 0 Å². The van der Waals surface area contributed by atoms with Crippen LogP contribution in [-0.4, -0.2) is 54.1 Å². The second-order valence-corrected chi connectivity index (χ2v) is 4.48. The molecule has 0 aliphatic rings. The van der Waals surface area contributed by atoms with Crippen LogP contribution in [0.3, 0.4) is 0 Å². The summed E-state index contributed by atoms with van der Waals surface area (Å²) < 4.78 is 14.8. The number of nitrogens with zero attached hydrogens (tertiary/aromatic N) is 2. The molecule has 1 atom stereocenters. The highest BCUT2D eigenvalue weighted by Gasteiger charge is 2.35. The molecule has 0 radical (unpaired) electrons. The molecule has 21 heavy (non-hydrogen) atoms. The van der Waals surface area contributed by atoms with E-state index in [9.17, 15) is 14.7 Å². The Morgan fingerprint density at radius 1 is 1.29 bits per heavy atom. The summed E-state index contributed by atoms with van der Waals surface area (Å²) in [6.45, 7) is 1.66. The zero-order chi connectivity index (χ0) is 16.0. The third-order valence-electron chi connectivity index (χ3n) is 2.46. The Morgan fingerprint density at radius 3 is 2.38 bits per heavy atom. The first-order valence-corrected chi connectivity index (χ1v) is 7.15. The van der Waals surface area contributed by atoms with E-state index in [0.29, 0.717) is 4.90 Å². The number of methoxy groups -OCH3 is 2. The Hall–Kier alpha value is -2.03. The van der Waals surface area contributed by atoms with Gasteiger partial charge in [0.05, 0.1) is 31.4 Å². The second-order valence-electron chi connectivity index (χ2n) is 3.66. The summed E-state index contributed by atoms with van der Waals surface area (Å²) in [7, 11) is 2.71. The fourth-order valence-corrected chi connectivity index (χ4v) is 2.27. The molecule has 0 spiro atoms. The van der Waals surface area contributed by atoms with Gasteiger partial charge in [-0.25, -0.2) is 0 Å². The first-order chi connectivity index (χ1) is 9.99. The van der Waals surface area contributed by atoms with Crippen LogP contribution in [0.2, 0.25) is 0 Å². The van der Waals surface area contributed by atoms with Gasteiger partial charge >= 0.3 is 17.9 Å². The fraction of sp³-hybridized carbons (Fsp3) is 0.500. The number of aliphatic carboxylic acids is 1. The Labute approximate surface area is 125 Å². The summed E-state index contributed by atoms with van der Waals surface area (Å²) in [6.07, 6.45) is 1.70. The zero-order valence-corrected chi connectivity index (χ0v) is 12.9. The standard InChI is InChI=1S/C12H16N2O6S/c1-5-20-11(17)6(10(15)16)7-8(21-4)9(18-2)14-12(13-7)19-3/h6H,5H2,1-4H3,(H,15,16). The van der Waals surface area contributed by atoms with Gasteiger partial charge in [-0.3, -0.25) is 9.59 Å². The number of aromatic nitrogens is 2. The Kier molecular flexibility index (Phi) is 6.22. The minimum absolute atomic E-state index is 0.0165. The first-order valence-electron chi connectivity index (χ1n) is 5.93. The third-order valence-corrected chi connectivity index (χ3v) is 3.25. The van der Waals surface area contributed by atoms with Crippen molar-refractivity contribution in [2.75, 3.05) is 27.1 Å². The maximum absolute atomic E-state index is 11.9. The van der Waals surface area contributed by atoms with Crippen LogP contribution in [0.5, 0.6) is 11.9 Å². The van der Waals surface area contributed by atoms with E-state index in [0.717, 1.165) is 0 Å². The molecule has 0 saturated carbocycles. The topological polar surface area (TPSA) is 108 Å². The van der Waals surface area contributed by atoms with Gasteiger partial charge in [0.1, 0.15) is 0 Å². The van der Waals surface area contributed by atoms with Gasteiger partial charge in [-0.05, 0) is 13.2 Å². The van der Waals surface area contributed by atoms with Crippen LogP contribution in [0.1, 0.15) is 18.5 Å². The molecule has 1 heterocycles. The quantitative estimate of drug-likeness (QED) is 0.446. The van der Waals surface area contributed by atoms with Crippen molar-refractivity contribution in [3.05, 3.63) is 5.69 Å². The molecule has 0 amide bonds. The molecule has 9 heteroatoms. The van der Waals surface area contributed by atoms with E-state index >= 15 is 0 Å². The van der Waals surface area contributed by atoms with Crippen molar-refractivity contribution in [1.82, 2.24) is 9.97 Å². The largest absolute Gasteiger partial charge is 0.480 e. The van der Waals surface area contributed by atoms with E-state index in [1.807, 2.05) is 0 Å². The summed E-state index contributed by atoms with van der Waals surface area (Å²) in [5.41, 5.74) is -0.0165. The number of hydrogen-bond acceptors (Lipinski definition) is 8. The number of rotatable bonds is 7. The van der Waals surface area contributed by atoms with Crippen LogP contribution >= 0.6 is 11.8 Å². The predicted octanol–water partition coefficient (Wildman–Crippen LogP) is 0.947. The number of ether oxygens (including phenoxy) is 3. The van der Waals surface area contributed by atoms with Crippen molar-refractivity contribution in [3.63, 3.8) is 0 Å². The Bertz CT molecular complexity index is 537. The lowest BCUT2D eigenvalue weighted by Crippen LogP contribution is -2.26. The molecule has 1 N–H and O–H groups in total. The Morgan fingerprint density at radius 2 is 1.95 bits per heavy atom. The number of thioether (sulfide) groups is 1. The molecule has 1 aromatic heterocycles. The van der Waals surface area contributed by atoms with Crippen molar-refractivity contribution >= 4 is 23.7 Å². The van der Waals surface area contributed by atoms with Crippen molar-refractivity contribution in [1.29, 1.82) is 0 Å². The third kappa shape index (κ3) is 3.75. The number of carboxylic acid groups (broad SMARTS) is 1. The summed E-state index contributed by atoms with van der Waals surface area (Å²) in [4.78, 5) is 31.6. The average Bonchev–Trinajstić information content (AvgIpc) is 2.46. The summed E-state index contributed by atoms with van der Waals surface area (Å²) in [6, 6.07) is -0.0878. The van der Waals surface area contributed by atoms with Crippen molar-refractivity contribution < 1.29 is 28.9 Å². The molecule has 0 fully saturated rings. The highest BCUT2D eigenvalue weighted by Crippen LogP contribution is 2.35. The van der Waals surface area contributed by atoms with Gasteiger partial charge in [-0.2, -0.15) is 9.97 Å². The van der Waals surface area contributed by atoms with Crippen LogP contribution in [0.4, 0.5) is 0 Å². The van der Waals surface area contributed by atoms with Gasteiger partial charge in [-0.1, -0.05) is 0 Å². The number of carbonyl (C=O) groups excluding carboxylic acids is 1. The van der Waals surface area contributed by atoms with E-state index in [-0.39, 0.29) is 24.2 Å². The normalized spacial score (nSPS) is 11.6. The number of esters is 1. The SMILES string of the molecule is CCOC(=O)C(C(=O)O)c1nc(OC)nc(OC)c1SC. The van der Waals surface area contributed by atoms with Crippen LogP contribution in [-0.2, 0) is 14.3 Å². The molecule has 0 aromatic carbocycles. The van der Waals surface area contributed by atoms with E-state index < -0.39 is 17.9 Å². The molecule has 1 unspecified atom stereocenters. The maximum Gasteiger partial charge on any atom is 0.326 e. The molecule has 116 valence electrons. The zero-order valence-electron chi connectivity index (χ0n) is 12.1. The van der Waals surface area contributed by atoms with E-state index in [1.165, 1.54) is 26.0 Å². The highest BCUT2D eigenvalue weighted by molar-refractivity contribution is 7.98. The van der Waals surface area contributed by atoms with E-state index in [2.05, 4.69) is 9.97 Å². The highest BCUT2D eigenvalue weighted by atomic mass is 32.2. The number of carbonyl (C=O) groups is 2. The number of carboxylic acids is 1. The molecule has 0 bridgehead atoms. The molecule has 8 nitrogen and oxygen atoms in total. The number of hydrogen-bond donors (Lipinski definition) is 1. The minimum atomic E-state index is -1.57. The van der Waals surface area contributed by atoms with Crippen molar-refractivity contribution in [2.45, 2.75) is 17.7 Å². The molecule has 0 aliphatic carbocycles. The van der Waals surface area contributed by atoms with Gasteiger partial charge in [0.15, 0.2) is 5.92 Å². The minimum Gasteiger partial charge on any atom is -0.480 e. The summed E-state index contributed by atoms with van der Waals surface area (Å²) in [5.74, 6) is -3.70. The predicted molar refractivity (Wildman–Crippen MR) is 73.9 cm³/mol. The van der Waals surface area contributed by atoms with Gasteiger partial charge in [0.2, 0.25) is 5.88 Å². The van der Waals surface area contributed by atoms with Crippen LogP contribution in [0.15, 0.2) is 4.90 Å². The summed E-state index contributed by atoms with van der Waals surface area (Å²) >= 11 is 1.17. The van der Waals surface area contributed by atoms with E-state index in [1.54, 1.807) is 13.2 Å². The lowest BCUT2D eigenvalue weighted by Gasteiger charge is -2.16. The molecular formula is C12H16N2O6S. The first kappa shape index (κ1) is 17.0. The van der Waals surface area contributed by atoms with Crippen molar-refractivity contribution in [2.24, 2.45) is 0 Å². The lowest BCUT2D eigenvalue weighted by molar-refractivity contribution is -0.154. The molecule has 0 saturated heterocycles. The molecule has 1 rings (SSSR count). The smallest absolute Gasteiger partial charge is 0.326 e. The fourth-order valence-electron chi connectivity index (χ4n) is 1.60. The maximum atomic E-state index is 11.9. The van der Waals surface area contributed by atoms with Crippen LogP contribution < -0.4 is 9.47 Å². The van der Waals surface area contributed by atoms with Gasteiger partial charge < -0.3 is 19.3 Å². The van der Waals surface area contributed by atoms with Crippen LogP contribution in [0, 0.1) is 0 Å². The molecule has 1 aromatic rings. The second kappa shape index (κ2) is 7.67. The molecular weight excluding hydrogens is 300 g/mol. The Balaban J connectivity index is 3.48. The summed E-state index contributed by atoms with van der Waals surface area (Å²) in [5, 5.41) is 9.32. The monoisotopic (exact) mass is 316 g/mol.